The zero-order chi connectivity index (χ0) is 18.1. The molecule has 5 heteroatoms. The maximum atomic E-state index is 12.0. The summed E-state index contributed by atoms with van der Waals surface area (Å²) < 4.78 is 17.2. The lowest BCUT2D eigenvalue weighted by molar-refractivity contribution is 0.389. The van der Waals surface area contributed by atoms with Crippen molar-refractivity contribution in [3.8, 4) is 5.75 Å². The molecule has 1 aliphatic rings. The molecule has 25 heavy (non-hydrogen) atoms. The van der Waals surface area contributed by atoms with E-state index in [2.05, 4.69) is 6.92 Å². The third kappa shape index (κ3) is 7.17. The summed E-state index contributed by atoms with van der Waals surface area (Å²) in [6.45, 7) is 2.25. The SMILES string of the molecule is CCCCCCCCCCCCC1=CP(=O)(O)Oc2ccc(Cl)cc21. The van der Waals surface area contributed by atoms with Gasteiger partial charge in [0.15, 0.2) is 0 Å². The van der Waals surface area contributed by atoms with Crippen molar-refractivity contribution in [3.05, 3.63) is 34.6 Å². The van der Waals surface area contributed by atoms with Gasteiger partial charge in [-0.05, 0) is 36.6 Å². The molecule has 0 bridgehead atoms. The topological polar surface area (TPSA) is 46.5 Å². The van der Waals surface area contributed by atoms with E-state index in [4.69, 9.17) is 16.1 Å². The Bertz CT molecular complexity index is 627. The quantitative estimate of drug-likeness (QED) is 0.316. The third-order valence-electron chi connectivity index (χ3n) is 4.64. The molecule has 1 unspecified atom stereocenters. The molecule has 1 atom stereocenters. The first-order chi connectivity index (χ1) is 12.0. The monoisotopic (exact) mass is 384 g/mol. The molecule has 1 N–H and O–H groups in total. The van der Waals surface area contributed by atoms with Crippen LogP contribution in [-0.4, -0.2) is 4.89 Å². The minimum Gasteiger partial charge on any atom is -0.421 e. The van der Waals surface area contributed by atoms with Gasteiger partial charge in [0.1, 0.15) is 5.75 Å². The van der Waals surface area contributed by atoms with Gasteiger partial charge in [0.25, 0.3) is 0 Å². The lowest BCUT2D eigenvalue weighted by atomic mass is 9.99. The van der Waals surface area contributed by atoms with Crippen molar-refractivity contribution in [3.63, 3.8) is 0 Å². The zero-order valence-corrected chi connectivity index (χ0v) is 16.8. The maximum Gasteiger partial charge on any atom is 0.401 e. The number of halogens is 1. The summed E-state index contributed by atoms with van der Waals surface area (Å²) in [5, 5.41) is 0.617. The summed E-state index contributed by atoms with van der Waals surface area (Å²) in [5.41, 5.74) is 1.73. The Morgan fingerprint density at radius 2 is 1.60 bits per heavy atom. The second kappa shape index (κ2) is 10.4. The predicted octanol–water partition coefficient (Wildman–Crippen LogP) is 7.57. The van der Waals surface area contributed by atoms with Crippen molar-refractivity contribution >= 4 is 24.8 Å². The fraction of sp³-hybridized carbons (Fsp3) is 0.600. The van der Waals surface area contributed by atoms with Gasteiger partial charge in [0.2, 0.25) is 0 Å². The van der Waals surface area contributed by atoms with E-state index in [-0.39, 0.29) is 0 Å². The Morgan fingerprint density at radius 1 is 1.00 bits per heavy atom. The third-order valence-corrected chi connectivity index (χ3v) is 5.97. The number of benzene rings is 1. The van der Waals surface area contributed by atoms with Crippen molar-refractivity contribution in [1.82, 2.24) is 0 Å². The first kappa shape index (κ1) is 20.6. The molecular formula is C20H30ClO3P. The normalized spacial score (nSPS) is 19.2. The van der Waals surface area contributed by atoms with E-state index in [0.29, 0.717) is 10.8 Å². The lowest BCUT2D eigenvalue weighted by Gasteiger charge is -2.22. The van der Waals surface area contributed by atoms with Crippen LogP contribution in [0.25, 0.3) is 5.57 Å². The van der Waals surface area contributed by atoms with Gasteiger partial charge in [0, 0.05) is 16.4 Å². The largest absolute Gasteiger partial charge is 0.421 e. The molecule has 0 saturated carbocycles. The van der Waals surface area contributed by atoms with Crippen LogP contribution in [0.5, 0.6) is 5.75 Å². The van der Waals surface area contributed by atoms with Crippen molar-refractivity contribution in [2.45, 2.75) is 77.6 Å². The van der Waals surface area contributed by atoms with Gasteiger partial charge in [-0.15, -0.1) is 0 Å². The van der Waals surface area contributed by atoms with Gasteiger partial charge >= 0.3 is 7.60 Å². The predicted molar refractivity (Wildman–Crippen MR) is 106 cm³/mol. The molecule has 0 saturated heterocycles. The van der Waals surface area contributed by atoms with Crippen LogP contribution in [0.2, 0.25) is 5.02 Å². The Hall–Kier alpha value is -0.760. The summed E-state index contributed by atoms with van der Waals surface area (Å²) in [5.74, 6) is 1.85. The smallest absolute Gasteiger partial charge is 0.401 e. The van der Waals surface area contributed by atoms with Gasteiger partial charge in [-0.2, -0.15) is 0 Å². The highest BCUT2D eigenvalue weighted by Crippen LogP contribution is 2.53. The van der Waals surface area contributed by atoms with E-state index < -0.39 is 7.60 Å². The van der Waals surface area contributed by atoms with Crippen LogP contribution >= 0.6 is 19.2 Å². The number of allylic oxidation sites excluding steroid dienone is 1. The fourth-order valence-corrected chi connectivity index (χ4v) is 4.60. The molecule has 0 spiro atoms. The highest BCUT2D eigenvalue weighted by molar-refractivity contribution is 7.57. The van der Waals surface area contributed by atoms with E-state index in [0.717, 1.165) is 30.4 Å². The summed E-state index contributed by atoms with van der Waals surface area (Å²) in [4.78, 5) is 9.85. The second-order valence-electron chi connectivity index (χ2n) is 6.88. The number of fused-ring (bicyclic) bond motifs is 1. The second-order valence-corrected chi connectivity index (χ2v) is 8.89. The average Bonchev–Trinajstić information content (AvgIpc) is 2.56. The molecule has 1 aliphatic heterocycles. The van der Waals surface area contributed by atoms with Crippen molar-refractivity contribution in [1.29, 1.82) is 0 Å². The van der Waals surface area contributed by atoms with E-state index in [1.165, 1.54) is 57.2 Å². The Kier molecular flexibility index (Phi) is 8.55. The van der Waals surface area contributed by atoms with Crippen LogP contribution in [0, 0.1) is 0 Å². The molecule has 140 valence electrons. The minimum atomic E-state index is -3.68. The van der Waals surface area contributed by atoms with Crippen LogP contribution in [0.15, 0.2) is 24.0 Å². The molecule has 2 rings (SSSR count). The molecule has 1 aromatic carbocycles. The van der Waals surface area contributed by atoms with E-state index in [9.17, 15) is 9.46 Å². The zero-order valence-electron chi connectivity index (χ0n) is 15.2. The van der Waals surface area contributed by atoms with E-state index in [1.54, 1.807) is 12.1 Å². The summed E-state index contributed by atoms with van der Waals surface area (Å²) in [6, 6.07) is 5.17. The number of unbranched alkanes of at least 4 members (excludes halogenated alkanes) is 9. The molecule has 1 heterocycles. The van der Waals surface area contributed by atoms with Gasteiger partial charge in [-0.25, -0.2) is 4.57 Å². The molecule has 1 aromatic rings. The standard InChI is InChI=1S/C20H30ClO3P/c1-2-3-4-5-6-7-8-9-10-11-12-17-16-25(22,23)24-20-14-13-18(21)15-19(17)20/h13-16H,2-12H2,1H3,(H,22,23). The first-order valence-electron chi connectivity index (χ1n) is 9.55. The van der Waals surface area contributed by atoms with Gasteiger partial charge in [0.05, 0.1) is 0 Å². The highest BCUT2D eigenvalue weighted by Gasteiger charge is 2.27. The van der Waals surface area contributed by atoms with Gasteiger partial charge < -0.3 is 9.42 Å². The van der Waals surface area contributed by atoms with Crippen LogP contribution in [0.4, 0.5) is 0 Å². The summed E-state index contributed by atoms with van der Waals surface area (Å²) >= 11 is 6.06. The van der Waals surface area contributed by atoms with Crippen LogP contribution in [-0.2, 0) is 4.57 Å². The number of hydrogen-bond donors (Lipinski definition) is 1. The van der Waals surface area contributed by atoms with Crippen LogP contribution < -0.4 is 4.52 Å². The van der Waals surface area contributed by atoms with Crippen molar-refractivity contribution in [2.75, 3.05) is 0 Å². The molecule has 3 nitrogen and oxygen atoms in total. The molecular weight excluding hydrogens is 355 g/mol. The maximum absolute atomic E-state index is 12.0. The number of hydrogen-bond acceptors (Lipinski definition) is 2. The van der Waals surface area contributed by atoms with Crippen molar-refractivity contribution < 1.29 is 14.0 Å². The Balaban J connectivity index is 1.72. The Labute approximate surface area is 157 Å². The van der Waals surface area contributed by atoms with E-state index in [1.807, 2.05) is 6.07 Å². The summed E-state index contributed by atoms with van der Waals surface area (Å²) in [7, 11) is -3.68. The molecule has 0 aliphatic carbocycles. The van der Waals surface area contributed by atoms with Crippen molar-refractivity contribution in [2.24, 2.45) is 0 Å². The van der Waals surface area contributed by atoms with Gasteiger partial charge in [-0.3, -0.25) is 0 Å². The van der Waals surface area contributed by atoms with Gasteiger partial charge in [-0.1, -0.05) is 76.3 Å². The average molecular weight is 385 g/mol. The molecule has 0 amide bonds. The Morgan fingerprint density at radius 3 is 2.24 bits per heavy atom. The lowest BCUT2D eigenvalue weighted by Crippen LogP contribution is -2.01. The van der Waals surface area contributed by atoms with E-state index >= 15 is 0 Å². The molecule has 0 radical (unpaired) electrons. The fourth-order valence-electron chi connectivity index (χ4n) is 3.27. The summed E-state index contributed by atoms with van der Waals surface area (Å²) in [6.07, 6.45) is 13.6. The molecule has 0 aromatic heterocycles. The van der Waals surface area contributed by atoms with Crippen LogP contribution in [0.1, 0.15) is 83.1 Å². The van der Waals surface area contributed by atoms with Crippen LogP contribution in [0.3, 0.4) is 0 Å². The number of rotatable bonds is 11. The highest BCUT2D eigenvalue weighted by atomic mass is 35.5. The first-order valence-corrected chi connectivity index (χ1v) is 11.6. The minimum absolute atomic E-state index is 0.458. The molecule has 0 fully saturated rings.